The predicted molar refractivity (Wildman–Crippen MR) is 70.3 cm³/mol. The Hall–Kier alpha value is -0.870. The molecule has 0 aromatic heterocycles. The number of nitrogens with zero attached hydrogens (tertiary/aromatic N) is 1. The molecule has 0 bridgehead atoms. The molecule has 0 N–H and O–H groups in total. The molecule has 0 unspecified atom stereocenters. The Balaban J connectivity index is 3.47. The van der Waals surface area contributed by atoms with Gasteiger partial charge in [-0.3, -0.25) is 4.79 Å². The molecule has 1 rings (SSSR count). The summed E-state index contributed by atoms with van der Waals surface area (Å²) in [6.45, 7) is 3.74. The lowest BCUT2D eigenvalue weighted by Crippen LogP contribution is -2.21. The lowest BCUT2D eigenvalue weighted by molar-refractivity contribution is 0.266. The van der Waals surface area contributed by atoms with Crippen molar-refractivity contribution in [2.75, 3.05) is 19.1 Å². The average Bonchev–Trinajstić information content (AvgIpc) is 2.24. The third-order valence-electron chi connectivity index (χ3n) is 2.45. The van der Waals surface area contributed by atoms with Crippen molar-refractivity contribution in [3.05, 3.63) is 22.2 Å². The molecule has 16 heavy (non-hydrogen) atoms. The van der Waals surface area contributed by atoms with Gasteiger partial charge >= 0.3 is 0 Å². The quantitative estimate of drug-likeness (QED) is 0.825. The number of thiol groups is 1. The van der Waals surface area contributed by atoms with Crippen LogP contribution in [0.4, 0.5) is 10.5 Å². The van der Waals surface area contributed by atoms with Gasteiger partial charge in [0, 0.05) is 12.1 Å². The largest absolute Gasteiger partial charge is 0.495 e. The van der Waals surface area contributed by atoms with Crippen LogP contribution in [0.15, 0.2) is 6.07 Å². The van der Waals surface area contributed by atoms with E-state index in [2.05, 4.69) is 12.6 Å². The Bertz CT molecular complexity index is 434. The van der Waals surface area contributed by atoms with Crippen LogP contribution < -0.4 is 9.64 Å². The number of carbonyl (C=O) groups is 1. The summed E-state index contributed by atoms with van der Waals surface area (Å²) in [5.41, 5.74) is 2.38. The summed E-state index contributed by atoms with van der Waals surface area (Å²) < 4.78 is 5.25. The summed E-state index contributed by atoms with van der Waals surface area (Å²) in [5.74, 6) is 0.615. The summed E-state index contributed by atoms with van der Waals surface area (Å²) in [5, 5.41) is 0.276. The van der Waals surface area contributed by atoms with Gasteiger partial charge in [0.1, 0.15) is 5.75 Å². The number of halogens is 1. The first-order valence-electron chi connectivity index (χ1n) is 4.70. The second-order valence-electron chi connectivity index (χ2n) is 3.52. The lowest BCUT2D eigenvalue weighted by atomic mass is 10.1. The SMILES string of the molecule is COc1cc(C)c(Cl)c(C)c1N(C)C(=O)S. The molecule has 1 aromatic rings. The highest BCUT2D eigenvalue weighted by Crippen LogP contribution is 2.38. The second kappa shape index (κ2) is 4.97. The minimum absolute atomic E-state index is 0.360. The molecule has 0 aliphatic rings. The van der Waals surface area contributed by atoms with E-state index in [1.54, 1.807) is 20.2 Å². The molecular formula is C11H14ClNO2S. The minimum atomic E-state index is -0.360. The van der Waals surface area contributed by atoms with E-state index in [-0.39, 0.29) is 5.24 Å². The Morgan fingerprint density at radius 2 is 2.06 bits per heavy atom. The Morgan fingerprint density at radius 3 is 2.50 bits per heavy atom. The topological polar surface area (TPSA) is 29.5 Å². The van der Waals surface area contributed by atoms with Gasteiger partial charge in [0.05, 0.1) is 12.8 Å². The van der Waals surface area contributed by atoms with Crippen molar-refractivity contribution in [1.82, 2.24) is 0 Å². The van der Waals surface area contributed by atoms with Crippen LogP contribution in [0.25, 0.3) is 0 Å². The van der Waals surface area contributed by atoms with Crippen LogP contribution in [0.5, 0.6) is 5.75 Å². The van der Waals surface area contributed by atoms with Crippen molar-refractivity contribution < 1.29 is 9.53 Å². The molecule has 5 heteroatoms. The van der Waals surface area contributed by atoms with Crippen LogP contribution in [0.2, 0.25) is 5.02 Å². The number of hydrogen-bond donors (Lipinski definition) is 1. The van der Waals surface area contributed by atoms with E-state index < -0.39 is 0 Å². The van der Waals surface area contributed by atoms with Crippen LogP contribution in [-0.4, -0.2) is 19.4 Å². The third-order valence-corrected chi connectivity index (χ3v) is 3.34. The monoisotopic (exact) mass is 259 g/mol. The third kappa shape index (κ3) is 2.28. The van der Waals surface area contributed by atoms with Gasteiger partial charge in [0.25, 0.3) is 5.24 Å². The maximum absolute atomic E-state index is 11.3. The average molecular weight is 260 g/mol. The molecule has 0 atom stereocenters. The van der Waals surface area contributed by atoms with Crippen molar-refractivity contribution in [2.24, 2.45) is 0 Å². The van der Waals surface area contributed by atoms with Gasteiger partial charge in [-0.2, -0.15) is 0 Å². The summed E-state index contributed by atoms with van der Waals surface area (Å²) in [4.78, 5) is 12.7. The summed E-state index contributed by atoms with van der Waals surface area (Å²) in [6, 6.07) is 1.80. The number of ether oxygens (including phenoxy) is 1. The molecule has 3 nitrogen and oxygen atoms in total. The molecule has 1 aromatic carbocycles. The molecule has 1 amide bonds. The van der Waals surface area contributed by atoms with Crippen LogP contribution in [0.1, 0.15) is 11.1 Å². The summed E-state index contributed by atoms with van der Waals surface area (Å²) >= 11 is 9.93. The zero-order valence-corrected chi connectivity index (χ0v) is 11.3. The standard InChI is InChI=1S/C11H14ClNO2S/c1-6-5-8(15-4)10(7(2)9(6)12)13(3)11(14)16/h5H,1-4H3,(H,14,16). The number of methoxy groups -OCH3 is 1. The van der Waals surface area contributed by atoms with Crippen LogP contribution in [0.3, 0.4) is 0 Å². The van der Waals surface area contributed by atoms with E-state index in [0.717, 1.165) is 11.1 Å². The molecule has 0 radical (unpaired) electrons. The first-order chi connectivity index (χ1) is 7.40. The van der Waals surface area contributed by atoms with Gasteiger partial charge in [-0.1, -0.05) is 24.2 Å². The maximum atomic E-state index is 11.3. The van der Waals surface area contributed by atoms with E-state index in [1.165, 1.54) is 4.90 Å². The summed E-state index contributed by atoms with van der Waals surface area (Å²) in [6.07, 6.45) is 0. The van der Waals surface area contributed by atoms with Crippen LogP contribution >= 0.6 is 24.2 Å². The molecule has 0 heterocycles. The first-order valence-corrected chi connectivity index (χ1v) is 5.53. The molecule has 0 saturated heterocycles. The van der Waals surface area contributed by atoms with Gasteiger partial charge in [0.2, 0.25) is 0 Å². The molecule has 0 saturated carbocycles. The fourth-order valence-corrected chi connectivity index (χ4v) is 1.83. The Kier molecular flexibility index (Phi) is 4.10. The van der Waals surface area contributed by atoms with E-state index in [1.807, 2.05) is 13.8 Å². The van der Waals surface area contributed by atoms with Gasteiger partial charge in [-0.05, 0) is 31.0 Å². The highest BCUT2D eigenvalue weighted by atomic mass is 35.5. The first kappa shape index (κ1) is 13.2. The van der Waals surface area contributed by atoms with E-state index in [4.69, 9.17) is 16.3 Å². The fourth-order valence-electron chi connectivity index (χ4n) is 1.58. The Labute approximate surface area is 106 Å². The molecule has 0 aliphatic carbocycles. The zero-order chi connectivity index (χ0) is 12.5. The van der Waals surface area contributed by atoms with Crippen LogP contribution in [0, 0.1) is 13.8 Å². The predicted octanol–water partition coefficient (Wildman–Crippen LogP) is 3.45. The molecular weight excluding hydrogens is 246 g/mol. The van der Waals surface area contributed by atoms with Crippen LogP contribution in [-0.2, 0) is 0 Å². The normalized spacial score (nSPS) is 10.1. The van der Waals surface area contributed by atoms with Gasteiger partial charge in [-0.15, -0.1) is 0 Å². The maximum Gasteiger partial charge on any atom is 0.282 e. The molecule has 0 aliphatic heterocycles. The van der Waals surface area contributed by atoms with E-state index >= 15 is 0 Å². The number of carbonyl (C=O) groups excluding carboxylic acids is 1. The van der Waals surface area contributed by atoms with Gasteiger partial charge in [0.15, 0.2) is 0 Å². The van der Waals surface area contributed by atoms with Crippen molar-refractivity contribution in [2.45, 2.75) is 13.8 Å². The number of benzene rings is 1. The van der Waals surface area contributed by atoms with Gasteiger partial charge in [-0.25, -0.2) is 0 Å². The van der Waals surface area contributed by atoms with Gasteiger partial charge < -0.3 is 9.64 Å². The molecule has 0 fully saturated rings. The van der Waals surface area contributed by atoms with Crippen molar-refractivity contribution in [3.8, 4) is 5.75 Å². The number of aryl methyl sites for hydroxylation is 1. The summed E-state index contributed by atoms with van der Waals surface area (Å²) in [7, 11) is 3.19. The highest BCUT2D eigenvalue weighted by molar-refractivity contribution is 7.96. The number of anilines is 1. The number of amides is 1. The zero-order valence-electron chi connectivity index (χ0n) is 9.67. The van der Waals surface area contributed by atoms with E-state index in [9.17, 15) is 4.79 Å². The number of hydrogen-bond acceptors (Lipinski definition) is 2. The fraction of sp³-hybridized carbons (Fsp3) is 0.364. The highest BCUT2D eigenvalue weighted by Gasteiger charge is 2.18. The van der Waals surface area contributed by atoms with Crippen molar-refractivity contribution in [1.29, 1.82) is 0 Å². The molecule has 0 spiro atoms. The lowest BCUT2D eigenvalue weighted by Gasteiger charge is -2.21. The number of rotatable bonds is 2. The minimum Gasteiger partial charge on any atom is -0.495 e. The van der Waals surface area contributed by atoms with Crippen molar-refractivity contribution >= 4 is 35.2 Å². The van der Waals surface area contributed by atoms with Crippen molar-refractivity contribution in [3.63, 3.8) is 0 Å². The molecule has 88 valence electrons. The van der Waals surface area contributed by atoms with E-state index in [0.29, 0.717) is 16.5 Å². The smallest absolute Gasteiger partial charge is 0.282 e. The second-order valence-corrected chi connectivity index (χ2v) is 4.29. The Morgan fingerprint density at radius 1 is 1.50 bits per heavy atom.